The van der Waals surface area contributed by atoms with Crippen LogP contribution in [0.3, 0.4) is 0 Å². The molecule has 0 bridgehead atoms. The number of piperazine rings is 1. The van der Waals surface area contributed by atoms with E-state index < -0.39 is 5.60 Å². The lowest BCUT2D eigenvalue weighted by Crippen LogP contribution is -2.48. The summed E-state index contributed by atoms with van der Waals surface area (Å²) < 4.78 is 2.36. The maximum absolute atomic E-state index is 10.6. The predicted octanol–water partition coefficient (Wildman–Crippen LogP) is 6.09. The average molecular weight is 533 g/mol. The Balaban J connectivity index is 1.39. The number of nitrogens with zero attached hydrogens (tertiary/aromatic N) is 5. The van der Waals surface area contributed by atoms with Crippen molar-refractivity contribution in [2.24, 2.45) is 0 Å². The normalized spacial score (nSPS) is 23.9. The third kappa shape index (κ3) is 6.64. The van der Waals surface area contributed by atoms with Gasteiger partial charge in [0.05, 0.1) is 5.60 Å². The molecule has 1 atom stereocenters. The van der Waals surface area contributed by atoms with Crippen molar-refractivity contribution in [3.05, 3.63) is 42.2 Å². The topological polar surface area (TPSA) is 69.5 Å². The number of aromatic nitrogens is 3. The fourth-order valence-electron chi connectivity index (χ4n) is 6.32. The van der Waals surface area contributed by atoms with Crippen molar-refractivity contribution >= 4 is 17.0 Å². The van der Waals surface area contributed by atoms with Crippen LogP contribution in [0.15, 0.2) is 36.7 Å². The summed E-state index contributed by atoms with van der Waals surface area (Å²) in [7, 11) is 0. The van der Waals surface area contributed by atoms with Crippen molar-refractivity contribution in [1.29, 1.82) is 0 Å². The second-order valence-electron chi connectivity index (χ2n) is 12.5. The quantitative estimate of drug-likeness (QED) is 0.348. The van der Waals surface area contributed by atoms with Gasteiger partial charge in [-0.25, -0.2) is 4.98 Å². The number of hydrogen-bond donors (Lipinski definition) is 2. The van der Waals surface area contributed by atoms with Crippen molar-refractivity contribution in [2.45, 2.75) is 103 Å². The number of aliphatic hydroxyl groups is 1. The SMILES string of the molecule is CCC[C@H](C)Nc1ncc2c(-c3ccc(CN4CCN(C(C)C)CC4)cc3)cn([C@H]3CC[C@@](C)(O)CC3)c2n1. The summed E-state index contributed by atoms with van der Waals surface area (Å²) in [6.45, 7) is 16.5. The van der Waals surface area contributed by atoms with Crippen LogP contribution in [0.25, 0.3) is 22.2 Å². The predicted molar refractivity (Wildman–Crippen MR) is 161 cm³/mol. The minimum Gasteiger partial charge on any atom is -0.390 e. The largest absolute Gasteiger partial charge is 0.390 e. The number of anilines is 1. The average Bonchev–Trinajstić information content (AvgIpc) is 3.28. The standard InChI is InChI=1S/C32H48N6O/c1-6-7-24(4)34-31-33-20-28-29(22-38(30(28)35-31)27-12-14-32(5,39)15-13-27)26-10-8-25(9-11-26)21-36-16-18-37(19-17-36)23(2)3/h8-11,20,22-24,27,39H,6-7,12-19,21H2,1-5H3,(H,33,34,35)/t24-,27-,32+/m0/s1. The molecule has 2 aromatic heterocycles. The highest BCUT2D eigenvalue weighted by Crippen LogP contribution is 2.39. The Hall–Kier alpha value is -2.48. The van der Waals surface area contributed by atoms with E-state index in [9.17, 15) is 5.11 Å². The highest BCUT2D eigenvalue weighted by atomic mass is 16.3. The van der Waals surface area contributed by atoms with E-state index in [1.165, 1.54) is 16.7 Å². The molecule has 0 unspecified atom stereocenters. The molecule has 1 saturated heterocycles. The van der Waals surface area contributed by atoms with Crippen LogP contribution in [-0.4, -0.2) is 73.3 Å². The van der Waals surface area contributed by atoms with Gasteiger partial charge in [-0.2, -0.15) is 4.98 Å². The zero-order valence-corrected chi connectivity index (χ0v) is 24.7. The van der Waals surface area contributed by atoms with Crippen LogP contribution in [0.4, 0.5) is 5.95 Å². The number of rotatable bonds is 9. The highest BCUT2D eigenvalue weighted by molar-refractivity contribution is 5.94. The van der Waals surface area contributed by atoms with Gasteiger partial charge in [0.25, 0.3) is 0 Å². The Morgan fingerprint density at radius 1 is 1.05 bits per heavy atom. The van der Waals surface area contributed by atoms with Gasteiger partial charge in [0.2, 0.25) is 5.95 Å². The molecule has 1 aromatic carbocycles. The van der Waals surface area contributed by atoms with Crippen LogP contribution in [-0.2, 0) is 6.54 Å². The highest BCUT2D eigenvalue weighted by Gasteiger charge is 2.31. The Morgan fingerprint density at radius 2 is 1.74 bits per heavy atom. The van der Waals surface area contributed by atoms with Gasteiger partial charge in [-0.15, -0.1) is 0 Å². The molecular weight excluding hydrogens is 484 g/mol. The second kappa shape index (κ2) is 11.9. The van der Waals surface area contributed by atoms with Crippen molar-refractivity contribution in [3.8, 4) is 11.1 Å². The molecule has 212 valence electrons. The summed E-state index contributed by atoms with van der Waals surface area (Å²) in [5.74, 6) is 0.699. The van der Waals surface area contributed by atoms with Gasteiger partial charge in [-0.3, -0.25) is 9.80 Å². The van der Waals surface area contributed by atoms with Crippen LogP contribution in [0.5, 0.6) is 0 Å². The smallest absolute Gasteiger partial charge is 0.224 e. The van der Waals surface area contributed by atoms with E-state index in [0.29, 0.717) is 24.1 Å². The molecule has 3 heterocycles. The molecule has 0 radical (unpaired) electrons. The molecule has 2 aliphatic rings. The lowest BCUT2D eigenvalue weighted by Gasteiger charge is -2.36. The van der Waals surface area contributed by atoms with Crippen molar-refractivity contribution in [2.75, 3.05) is 31.5 Å². The fraction of sp³-hybridized carbons (Fsp3) is 0.625. The zero-order valence-electron chi connectivity index (χ0n) is 24.7. The zero-order chi connectivity index (χ0) is 27.6. The van der Waals surface area contributed by atoms with Crippen molar-refractivity contribution < 1.29 is 5.11 Å². The first-order chi connectivity index (χ1) is 18.7. The fourth-order valence-corrected chi connectivity index (χ4v) is 6.32. The molecule has 1 saturated carbocycles. The van der Waals surface area contributed by atoms with Crippen LogP contribution in [0, 0.1) is 0 Å². The van der Waals surface area contributed by atoms with Crippen molar-refractivity contribution in [3.63, 3.8) is 0 Å². The van der Waals surface area contributed by atoms with E-state index in [-0.39, 0.29) is 0 Å². The van der Waals surface area contributed by atoms with Crippen LogP contribution < -0.4 is 5.32 Å². The Morgan fingerprint density at radius 3 is 2.38 bits per heavy atom. The lowest BCUT2D eigenvalue weighted by molar-refractivity contribution is 0.0104. The molecule has 1 aliphatic carbocycles. The van der Waals surface area contributed by atoms with E-state index in [1.807, 2.05) is 13.1 Å². The monoisotopic (exact) mass is 532 g/mol. The molecule has 0 spiro atoms. The number of nitrogens with one attached hydrogen (secondary N) is 1. The molecule has 0 amide bonds. The van der Waals surface area contributed by atoms with E-state index in [4.69, 9.17) is 9.97 Å². The van der Waals surface area contributed by atoms with Crippen LogP contribution in [0.2, 0.25) is 0 Å². The lowest BCUT2D eigenvalue weighted by atomic mass is 9.83. The first-order valence-electron chi connectivity index (χ1n) is 15.1. The van der Waals surface area contributed by atoms with Crippen LogP contribution in [0.1, 0.15) is 84.7 Å². The summed E-state index contributed by atoms with van der Waals surface area (Å²) in [5.41, 5.74) is 4.19. The molecule has 39 heavy (non-hydrogen) atoms. The summed E-state index contributed by atoms with van der Waals surface area (Å²) in [6.07, 6.45) is 10.0. The van der Waals surface area contributed by atoms with Gasteiger partial charge in [-0.05, 0) is 70.9 Å². The molecular formula is C32H48N6O. The molecule has 5 rings (SSSR count). The number of benzene rings is 1. The molecule has 2 N–H and O–H groups in total. The minimum atomic E-state index is -0.559. The molecule has 2 fully saturated rings. The van der Waals surface area contributed by atoms with E-state index in [0.717, 1.165) is 82.3 Å². The minimum absolute atomic E-state index is 0.334. The third-order valence-electron chi connectivity index (χ3n) is 8.90. The van der Waals surface area contributed by atoms with Gasteiger partial charge in [0.1, 0.15) is 5.65 Å². The van der Waals surface area contributed by atoms with Crippen LogP contribution >= 0.6 is 0 Å². The molecule has 3 aromatic rings. The Kier molecular flexibility index (Phi) is 8.60. The first-order valence-corrected chi connectivity index (χ1v) is 15.1. The molecule has 1 aliphatic heterocycles. The van der Waals surface area contributed by atoms with Gasteiger partial charge in [0, 0.05) is 74.2 Å². The first kappa shape index (κ1) is 28.1. The summed E-state index contributed by atoms with van der Waals surface area (Å²) in [5, 5.41) is 15.2. The Bertz CT molecular complexity index is 1220. The Labute approximate surface area is 234 Å². The number of hydrogen-bond acceptors (Lipinski definition) is 6. The summed E-state index contributed by atoms with van der Waals surface area (Å²) >= 11 is 0. The molecule has 7 heteroatoms. The van der Waals surface area contributed by atoms with Gasteiger partial charge in [0.15, 0.2) is 0 Å². The third-order valence-corrected chi connectivity index (χ3v) is 8.90. The maximum Gasteiger partial charge on any atom is 0.224 e. The van der Waals surface area contributed by atoms with Gasteiger partial charge in [-0.1, -0.05) is 37.6 Å². The maximum atomic E-state index is 10.6. The van der Waals surface area contributed by atoms with E-state index >= 15 is 0 Å². The number of fused-ring (bicyclic) bond motifs is 1. The van der Waals surface area contributed by atoms with E-state index in [2.05, 4.69) is 77.8 Å². The van der Waals surface area contributed by atoms with Gasteiger partial charge >= 0.3 is 0 Å². The van der Waals surface area contributed by atoms with Gasteiger partial charge < -0.3 is 15.0 Å². The van der Waals surface area contributed by atoms with E-state index in [1.54, 1.807) is 0 Å². The molecule has 7 nitrogen and oxygen atoms in total. The van der Waals surface area contributed by atoms with Crippen molar-refractivity contribution in [1.82, 2.24) is 24.3 Å². The summed E-state index contributed by atoms with van der Waals surface area (Å²) in [6, 6.07) is 10.4. The second-order valence-corrected chi connectivity index (χ2v) is 12.5. The summed E-state index contributed by atoms with van der Waals surface area (Å²) in [4.78, 5) is 14.9.